The Morgan fingerprint density at radius 3 is 2.55 bits per heavy atom. The maximum absolute atomic E-state index is 14.8. The van der Waals surface area contributed by atoms with E-state index in [4.69, 9.17) is 14.7 Å². The summed E-state index contributed by atoms with van der Waals surface area (Å²) >= 11 is 0. The van der Waals surface area contributed by atoms with Crippen molar-refractivity contribution in [1.29, 1.82) is 0 Å². The Balaban J connectivity index is 1.62. The lowest BCUT2D eigenvalue weighted by Gasteiger charge is -2.29. The highest BCUT2D eigenvalue weighted by Crippen LogP contribution is 2.38. The molecule has 4 aromatic rings. The Kier molecular flexibility index (Phi) is 5.54. The second kappa shape index (κ2) is 8.51. The highest BCUT2D eigenvalue weighted by molar-refractivity contribution is 5.87. The van der Waals surface area contributed by atoms with Gasteiger partial charge in [0.2, 0.25) is 0 Å². The number of hydrogen-bond acceptors (Lipinski definition) is 6. The Morgan fingerprint density at radius 2 is 1.76 bits per heavy atom. The van der Waals surface area contributed by atoms with Crippen molar-refractivity contribution in [2.24, 2.45) is 0 Å². The zero-order valence-corrected chi connectivity index (χ0v) is 18.6. The van der Waals surface area contributed by atoms with E-state index in [1.54, 1.807) is 6.20 Å². The monoisotopic (exact) mass is 447 g/mol. The van der Waals surface area contributed by atoms with Crippen LogP contribution >= 0.6 is 0 Å². The van der Waals surface area contributed by atoms with Gasteiger partial charge in [0.05, 0.1) is 17.5 Å². The van der Waals surface area contributed by atoms with Crippen molar-refractivity contribution in [3.8, 4) is 11.3 Å². The molecule has 5 rings (SSSR count). The Labute approximate surface area is 190 Å². The number of ether oxygens (including phenoxy) is 1. The van der Waals surface area contributed by atoms with Crippen LogP contribution in [-0.4, -0.2) is 31.5 Å². The van der Waals surface area contributed by atoms with Crippen LogP contribution in [0.2, 0.25) is 0 Å². The Bertz CT molecular complexity index is 1360. The van der Waals surface area contributed by atoms with Gasteiger partial charge in [-0.15, -0.1) is 0 Å². The number of benzene rings is 1. The topological polar surface area (TPSA) is 73.7 Å². The van der Waals surface area contributed by atoms with Gasteiger partial charge in [-0.1, -0.05) is 0 Å². The van der Waals surface area contributed by atoms with Gasteiger partial charge in [0, 0.05) is 36.0 Å². The molecule has 168 valence electrons. The molecule has 4 heterocycles. The number of aryl methyl sites for hydroxylation is 3. The van der Waals surface area contributed by atoms with E-state index in [0.717, 1.165) is 29.4 Å². The SMILES string of the molecule is Cc1cc([C@@H]2C[C@@H](c3nc(-c4ccc(F)cc4F)c4nc(C)c(C)nc4n3)CCO2)ccn1. The van der Waals surface area contributed by atoms with Gasteiger partial charge in [0.25, 0.3) is 0 Å². The summed E-state index contributed by atoms with van der Waals surface area (Å²) in [7, 11) is 0. The first-order valence-corrected chi connectivity index (χ1v) is 10.9. The molecule has 1 fully saturated rings. The number of pyridine rings is 1. The van der Waals surface area contributed by atoms with Gasteiger partial charge < -0.3 is 4.74 Å². The average Bonchev–Trinajstić information content (AvgIpc) is 2.80. The molecule has 33 heavy (non-hydrogen) atoms. The molecule has 1 aliphatic heterocycles. The third kappa shape index (κ3) is 4.18. The maximum Gasteiger partial charge on any atom is 0.182 e. The van der Waals surface area contributed by atoms with Crippen molar-refractivity contribution >= 4 is 11.2 Å². The molecule has 1 aromatic carbocycles. The lowest BCUT2D eigenvalue weighted by molar-refractivity contribution is 0.00393. The van der Waals surface area contributed by atoms with E-state index >= 15 is 0 Å². The highest BCUT2D eigenvalue weighted by Gasteiger charge is 2.29. The minimum absolute atomic E-state index is 0.00714. The standard InChI is InChI=1S/C25H23F2N5O/c1-13-10-16(6-8-28-13)21-11-17(7-9-33-21)24-31-22(19-5-4-18(26)12-20(19)27)23-25(32-24)30-15(3)14(2)29-23/h4-6,8,10,12,17,21H,7,9,11H2,1-3H3/t17-,21-/m0/s1. The van der Waals surface area contributed by atoms with E-state index in [1.165, 1.54) is 12.1 Å². The van der Waals surface area contributed by atoms with Crippen LogP contribution in [0.3, 0.4) is 0 Å². The summed E-state index contributed by atoms with van der Waals surface area (Å²) in [4.78, 5) is 22.9. The largest absolute Gasteiger partial charge is 0.373 e. The van der Waals surface area contributed by atoms with Crippen molar-refractivity contribution in [2.45, 2.75) is 45.6 Å². The molecular formula is C25H23F2N5O. The normalized spacial score (nSPS) is 18.6. The molecule has 2 atom stereocenters. The van der Waals surface area contributed by atoms with Gasteiger partial charge in [-0.3, -0.25) is 4.98 Å². The number of halogens is 2. The van der Waals surface area contributed by atoms with Crippen molar-refractivity contribution in [1.82, 2.24) is 24.9 Å². The summed E-state index contributed by atoms with van der Waals surface area (Å²) in [5, 5.41) is 0. The minimum Gasteiger partial charge on any atom is -0.373 e. The van der Waals surface area contributed by atoms with Gasteiger partial charge in [-0.05, 0) is 63.4 Å². The van der Waals surface area contributed by atoms with Crippen molar-refractivity contribution < 1.29 is 13.5 Å². The molecule has 1 aliphatic rings. The van der Waals surface area contributed by atoms with E-state index in [1.807, 2.05) is 32.9 Å². The Morgan fingerprint density at radius 1 is 0.939 bits per heavy atom. The summed E-state index contributed by atoms with van der Waals surface area (Å²) in [6.45, 7) is 6.19. The second-order valence-electron chi connectivity index (χ2n) is 8.43. The number of rotatable bonds is 3. The van der Waals surface area contributed by atoms with Gasteiger partial charge in [0.1, 0.15) is 28.7 Å². The second-order valence-corrected chi connectivity index (χ2v) is 8.43. The lowest BCUT2D eigenvalue weighted by Crippen LogP contribution is -2.21. The summed E-state index contributed by atoms with van der Waals surface area (Å²) in [5.41, 5.74) is 4.75. The summed E-state index contributed by atoms with van der Waals surface area (Å²) in [5.74, 6) is -0.781. The molecular weight excluding hydrogens is 424 g/mol. The van der Waals surface area contributed by atoms with Crippen molar-refractivity contribution in [2.75, 3.05) is 6.61 Å². The number of nitrogens with zero attached hydrogens (tertiary/aromatic N) is 5. The molecule has 8 heteroatoms. The summed E-state index contributed by atoms with van der Waals surface area (Å²) in [6, 6.07) is 7.44. The first kappa shape index (κ1) is 21.5. The molecule has 0 bridgehead atoms. The minimum atomic E-state index is -0.696. The summed E-state index contributed by atoms with van der Waals surface area (Å²) < 4.78 is 34.4. The van der Waals surface area contributed by atoms with E-state index in [2.05, 4.69) is 15.0 Å². The van der Waals surface area contributed by atoms with E-state index < -0.39 is 11.6 Å². The predicted molar refractivity (Wildman–Crippen MR) is 120 cm³/mol. The quantitative estimate of drug-likeness (QED) is 0.423. The fourth-order valence-corrected chi connectivity index (χ4v) is 4.21. The van der Waals surface area contributed by atoms with Crippen LogP contribution in [0, 0.1) is 32.4 Å². The molecule has 0 amide bonds. The van der Waals surface area contributed by atoms with Crippen molar-refractivity contribution in [3.63, 3.8) is 0 Å². The smallest absolute Gasteiger partial charge is 0.182 e. The summed E-state index contributed by atoms with van der Waals surface area (Å²) in [6.07, 6.45) is 3.08. The van der Waals surface area contributed by atoms with E-state index in [-0.39, 0.29) is 17.6 Å². The number of aromatic nitrogens is 5. The van der Waals surface area contributed by atoms with Crippen LogP contribution in [0.1, 0.15) is 53.3 Å². The molecule has 6 nitrogen and oxygen atoms in total. The zero-order chi connectivity index (χ0) is 23.1. The lowest BCUT2D eigenvalue weighted by atomic mass is 9.91. The molecule has 0 aliphatic carbocycles. The first-order valence-electron chi connectivity index (χ1n) is 10.9. The molecule has 3 aromatic heterocycles. The molecule has 0 N–H and O–H groups in total. The third-order valence-electron chi connectivity index (χ3n) is 6.09. The number of hydrogen-bond donors (Lipinski definition) is 0. The van der Waals surface area contributed by atoms with Crippen LogP contribution in [0.25, 0.3) is 22.4 Å². The first-order chi connectivity index (χ1) is 15.9. The fourth-order valence-electron chi connectivity index (χ4n) is 4.21. The Hall–Kier alpha value is -3.39. The van der Waals surface area contributed by atoms with Crippen LogP contribution in [0.5, 0.6) is 0 Å². The zero-order valence-electron chi connectivity index (χ0n) is 18.6. The molecule has 0 spiro atoms. The van der Waals surface area contributed by atoms with Gasteiger partial charge in [-0.2, -0.15) is 0 Å². The van der Waals surface area contributed by atoms with E-state index in [9.17, 15) is 8.78 Å². The van der Waals surface area contributed by atoms with Gasteiger partial charge in [0.15, 0.2) is 5.65 Å². The van der Waals surface area contributed by atoms with Crippen molar-refractivity contribution in [3.05, 3.63) is 76.6 Å². The van der Waals surface area contributed by atoms with Crippen LogP contribution < -0.4 is 0 Å². The highest BCUT2D eigenvalue weighted by atomic mass is 19.1. The van der Waals surface area contributed by atoms with E-state index in [0.29, 0.717) is 41.4 Å². The molecule has 0 saturated carbocycles. The van der Waals surface area contributed by atoms with Crippen LogP contribution in [0.4, 0.5) is 8.78 Å². The molecule has 0 radical (unpaired) electrons. The van der Waals surface area contributed by atoms with Crippen LogP contribution in [0.15, 0.2) is 36.5 Å². The number of fused-ring (bicyclic) bond motifs is 1. The fraction of sp³-hybridized carbons (Fsp3) is 0.320. The molecule has 0 unspecified atom stereocenters. The molecule has 1 saturated heterocycles. The average molecular weight is 447 g/mol. The predicted octanol–water partition coefficient (Wildman–Crippen LogP) is 5.32. The third-order valence-corrected chi connectivity index (χ3v) is 6.09. The van der Waals surface area contributed by atoms with Gasteiger partial charge in [-0.25, -0.2) is 28.7 Å². The van der Waals surface area contributed by atoms with Gasteiger partial charge >= 0.3 is 0 Å². The maximum atomic E-state index is 14.8. The van der Waals surface area contributed by atoms with Crippen LogP contribution in [-0.2, 0) is 4.74 Å².